The van der Waals surface area contributed by atoms with Crippen LogP contribution < -0.4 is 22.1 Å². The van der Waals surface area contributed by atoms with Gasteiger partial charge in [-0.1, -0.05) is 6.07 Å². The molecular weight excluding hydrogens is 200 g/mol. The number of carboxylic acid groups (broad SMARTS) is 1. The molecule has 0 spiro atoms. The lowest BCUT2D eigenvalue weighted by atomic mass is 10.2. The number of hydrazine groups is 2. The number of urea groups is 1. The zero-order valence-electron chi connectivity index (χ0n) is 7.68. The number of carbonyl (C=O) groups excluding carboxylic acids is 1. The van der Waals surface area contributed by atoms with Crippen molar-refractivity contribution in [2.75, 3.05) is 5.01 Å². The summed E-state index contributed by atoms with van der Waals surface area (Å²) in [7, 11) is 0. The maximum atomic E-state index is 11.0. The molecule has 0 aromatic heterocycles. The molecule has 0 bridgehead atoms. The lowest BCUT2D eigenvalue weighted by Gasteiger charge is -2.15. The maximum absolute atomic E-state index is 11.0. The van der Waals surface area contributed by atoms with Crippen LogP contribution in [-0.4, -0.2) is 17.1 Å². The van der Waals surface area contributed by atoms with Crippen molar-refractivity contribution < 1.29 is 14.7 Å². The lowest BCUT2D eigenvalue weighted by Crippen LogP contribution is -2.47. The van der Waals surface area contributed by atoms with Gasteiger partial charge in [-0.05, 0) is 18.2 Å². The van der Waals surface area contributed by atoms with E-state index in [2.05, 4.69) is 0 Å². The average molecular weight is 210 g/mol. The van der Waals surface area contributed by atoms with Gasteiger partial charge in [0.1, 0.15) is 0 Å². The highest BCUT2D eigenvalue weighted by atomic mass is 16.4. The smallest absolute Gasteiger partial charge is 0.350 e. The van der Waals surface area contributed by atoms with Crippen LogP contribution in [0.1, 0.15) is 10.4 Å². The number of nitrogens with zero attached hydrogens (tertiary/aromatic N) is 1. The van der Waals surface area contributed by atoms with Crippen LogP contribution in [0.15, 0.2) is 24.3 Å². The van der Waals surface area contributed by atoms with Crippen LogP contribution in [0, 0.1) is 0 Å². The van der Waals surface area contributed by atoms with Crippen LogP contribution in [0.25, 0.3) is 0 Å². The number of nitrogens with one attached hydrogen (secondary N) is 1. The molecular formula is C8H10N4O3. The Morgan fingerprint density at radius 3 is 2.60 bits per heavy atom. The Morgan fingerprint density at radius 2 is 2.07 bits per heavy atom. The van der Waals surface area contributed by atoms with Crippen LogP contribution in [-0.2, 0) is 0 Å². The van der Waals surface area contributed by atoms with E-state index in [1.54, 1.807) is 0 Å². The van der Waals surface area contributed by atoms with E-state index >= 15 is 0 Å². The number of amides is 2. The molecule has 0 aliphatic rings. The minimum absolute atomic E-state index is 0.0350. The second kappa shape index (κ2) is 4.40. The molecule has 0 unspecified atom stereocenters. The Hall–Kier alpha value is -2.12. The average Bonchev–Trinajstić information content (AvgIpc) is 2.27. The molecule has 0 fully saturated rings. The van der Waals surface area contributed by atoms with Crippen LogP contribution in [0.4, 0.5) is 10.5 Å². The first-order chi connectivity index (χ1) is 7.06. The number of carbonyl (C=O) groups is 2. The monoisotopic (exact) mass is 210 g/mol. The standard InChI is InChI=1S/C8H10N4O3/c9-11-8(15)12(10)6-3-1-2-5(4-6)7(13)14/h1-4H,9-10H2,(H,11,15)(H,13,14). The van der Waals surface area contributed by atoms with Crippen LogP contribution in [0.3, 0.4) is 0 Å². The SMILES string of the molecule is NNC(=O)N(N)c1cccc(C(=O)O)c1. The summed E-state index contributed by atoms with van der Waals surface area (Å²) in [5, 5.41) is 9.42. The number of carboxylic acids is 1. The van der Waals surface area contributed by atoms with E-state index < -0.39 is 12.0 Å². The Kier molecular flexibility index (Phi) is 3.21. The Bertz CT molecular complexity index is 393. The van der Waals surface area contributed by atoms with E-state index in [9.17, 15) is 9.59 Å². The highest BCUT2D eigenvalue weighted by molar-refractivity contribution is 5.93. The quantitative estimate of drug-likeness (QED) is 0.302. The van der Waals surface area contributed by atoms with Crippen molar-refractivity contribution in [3.05, 3.63) is 29.8 Å². The van der Waals surface area contributed by atoms with Gasteiger partial charge in [0.2, 0.25) is 0 Å². The van der Waals surface area contributed by atoms with Gasteiger partial charge >= 0.3 is 12.0 Å². The second-order valence-corrected chi connectivity index (χ2v) is 2.67. The summed E-state index contributed by atoms with van der Waals surface area (Å²) < 4.78 is 0. The summed E-state index contributed by atoms with van der Waals surface area (Å²) in [6, 6.07) is 4.87. The fourth-order valence-corrected chi connectivity index (χ4v) is 0.976. The first kappa shape index (κ1) is 11.0. The normalized spacial score (nSPS) is 9.47. The number of rotatable bonds is 2. The van der Waals surface area contributed by atoms with E-state index in [1.807, 2.05) is 5.43 Å². The molecule has 6 N–H and O–H groups in total. The molecule has 1 aromatic rings. The highest BCUT2D eigenvalue weighted by Gasteiger charge is 2.11. The first-order valence-electron chi connectivity index (χ1n) is 3.95. The number of aromatic carboxylic acids is 1. The predicted octanol–water partition coefficient (Wildman–Crippen LogP) is -0.352. The molecule has 7 nitrogen and oxygen atoms in total. The van der Waals surface area contributed by atoms with Gasteiger partial charge in [0.05, 0.1) is 11.3 Å². The van der Waals surface area contributed by atoms with Crippen molar-refractivity contribution in [1.82, 2.24) is 5.43 Å². The van der Waals surface area contributed by atoms with E-state index in [0.29, 0.717) is 5.01 Å². The van der Waals surface area contributed by atoms with Crippen LogP contribution in [0.5, 0.6) is 0 Å². The molecule has 0 saturated heterocycles. The van der Waals surface area contributed by atoms with Crippen molar-refractivity contribution in [2.45, 2.75) is 0 Å². The van der Waals surface area contributed by atoms with Crippen molar-refractivity contribution in [2.24, 2.45) is 11.7 Å². The topological polar surface area (TPSA) is 122 Å². The van der Waals surface area contributed by atoms with Gasteiger partial charge < -0.3 is 5.11 Å². The molecule has 15 heavy (non-hydrogen) atoms. The first-order valence-corrected chi connectivity index (χ1v) is 3.95. The number of hydrogen-bond donors (Lipinski definition) is 4. The van der Waals surface area contributed by atoms with Gasteiger partial charge in [0.15, 0.2) is 0 Å². The largest absolute Gasteiger partial charge is 0.478 e. The molecule has 0 aliphatic carbocycles. The molecule has 0 aliphatic heterocycles. The van der Waals surface area contributed by atoms with E-state index in [1.165, 1.54) is 24.3 Å². The molecule has 1 aromatic carbocycles. The van der Waals surface area contributed by atoms with Crippen molar-refractivity contribution in [3.8, 4) is 0 Å². The summed E-state index contributed by atoms with van der Waals surface area (Å²) in [6.45, 7) is 0. The van der Waals surface area contributed by atoms with Gasteiger partial charge in [-0.25, -0.2) is 26.3 Å². The lowest BCUT2D eigenvalue weighted by molar-refractivity contribution is 0.0697. The Morgan fingerprint density at radius 1 is 1.40 bits per heavy atom. The Balaban J connectivity index is 3.00. The molecule has 0 atom stereocenters. The summed E-state index contributed by atoms with van der Waals surface area (Å²) >= 11 is 0. The minimum Gasteiger partial charge on any atom is -0.478 e. The van der Waals surface area contributed by atoms with Gasteiger partial charge in [-0.15, -0.1) is 0 Å². The van der Waals surface area contributed by atoms with Gasteiger partial charge in [-0.3, -0.25) is 5.43 Å². The number of nitrogens with two attached hydrogens (primary N) is 2. The van der Waals surface area contributed by atoms with E-state index in [4.69, 9.17) is 16.8 Å². The third-order valence-electron chi connectivity index (χ3n) is 1.71. The maximum Gasteiger partial charge on any atom is 0.350 e. The summed E-state index contributed by atoms with van der Waals surface area (Å²) in [4.78, 5) is 21.6. The zero-order valence-corrected chi connectivity index (χ0v) is 7.68. The highest BCUT2D eigenvalue weighted by Crippen LogP contribution is 2.13. The predicted molar refractivity (Wildman–Crippen MR) is 52.8 cm³/mol. The zero-order chi connectivity index (χ0) is 11.4. The number of hydrogen-bond acceptors (Lipinski definition) is 4. The molecule has 0 saturated carbocycles. The fourth-order valence-electron chi connectivity index (χ4n) is 0.976. The molecule has 2 amide bonds. The summed E-state index contributed by atoms with van der Waals surface area (Å²) in [5.41, 5.74) is 2.10. The molecule has 80 valence electrons. The fraction of sp³-hybridized carbons (Fsp3) is 0. The van der Waals surface area contributed by atoms with E-state index in [-0.39, 0.29) is 11.3 Å². The van der Waals surface area contributed by atoms with Gasteiger partial charge in [0, 0.05) is 0 Å². The molecule has 0 radical (unpaired) electrons. The van der Waals surface area contributed by atoms with Crippen LogP contribution in [0.2, 0.25) is 0 Å². The van der Waals surface area contributed by atoms with Gasteiger partial charge in [0.25, 0.3) is 0 Å². The van der Waals surface area contributed by atoms with Gasteiger partial charge in [-0.2, -0.15) is 0 Å². The molecule has 7 heteroatoms. The third kappa shape index (κ3) is 2.42. The van der Waals surface area contributed by atoms with Crippen LogP contribution >= 0.6 is 0 Å². The van der Waals surface area contributed by atoms with Crippen molar-refractivity contribution in [1.29, 1.82) is 0 Å². The Labute approximate surface area is 85.2 Å². The number of anilines is 1. The minimum atomic E-state index is -1.10. The molecule has 0 heterocycles. The third-order valence-corrected chi connectivity index (χ3v) is 1.71. The summed E-state index contributed by atoms with van der Waals surface area (Å²) in [6.07, 6.45) is 0. The summed E-state index contributed by atoms with van der Waals surface area (Å²) in [5.74, 6) is 9.14. The second-order valence-electron chi connectivity index (χ2n) is 2.67. The van der Waals surface area contributed by atoms with E-state index in [0.717, 1.165) is 0 Å². The molecule has 1 rings (SSSR count). The number of benzene rings is 1. The van der Waals surface area contributed by atoms with Crippen molar-refractivity contribution >= 4 is 17.7 Å². The van der Waals surface area contributed by atoms with Crippen molar-refractivity contribution in [3.63, 3.8) is 0 Å².